The zero-order valence-corrected chi connectivity index (χ0v) is 15.1. The number of nitrogens with one attached hydrogen (secondary N) is 2. The number of benzene rings is 1. The number of hydrogen-bond acceptors (Lipinski definition) is 5. The Morgan fingerprint density at radius 3 is 2.56 bits per heavy atom. The number of pyridine rings is 1. The molecule has 9 heteroatoms. The van der Waals surface area contributed by atoms with Crippen LogP contribution in [0.15, 0.2) is 42.6 Å². The van der Waals surface area contributed by atoms with Gasteiger partial charge in [0, 0.05) is 24.3 Å². The molecule has 1 aliphatic rings. The highest BCUT2D eigenvalue weighted by Gasteiger charge is 2.29. The minimum Gasteiger partial charge on any atom is -0.348 e. The van der Waals surface area contributed by atoms with Crippen molar-refractivity contribution in [2.45, 2.75) is 19.0 Å². The number of nitrogens with zero attached hydrogens (tertiary/aromatic N) is 1. The fraction of sp³-hybridized carbons (Fsp3) is 0.278. The molecule has 2 aromatic rings. The van der Waals surface area contributed by atoms with Crippen molar-refractivity contribution in [3.8, 4) is 0 Å². The van der Waals surface area contributed by atoms with Gasteiger partial charge in [0.25, 0.3) is 11.8 Å². The lowest BCUT2D eigenvalue weighted by Gasteiger charge is -2.11. The highest BCUT2D eigenvalue weighted by Crippen LogP contribution is 2.12. The molecule has 3 rings (SSSR count). The lowest BCUT2D eigenvalue weighted by Crippen LogP contribution is -2.36. The van der Waals surface area contributed by atoms with Crippen molar-refractivity contribution in [1.29, 1.82) is 0 Å². The summed E-state index contributed by atoms with van der Waals surface area (Å²) >= 11 is 0. The van der Waals surface area contributed by atoms with Gasteiger partial charge in [-0.3, -0.25) is 14.6 Å². The lowest BCUT2D eigenvalue weighted by molar-refractivity contribution is 0.0936. The number of hydrogen-bond donors (Lipinski definition) is 2. The summed E-state index contributed by atoms with van der Waals surface area (Å²) in [5.74, 6) is -1.32. The summed E-state index contributed by atoms with van der Waals surface area (Å²) in [6.07, 6.45) is 1.71. The van der Waals surface area contributed by atoms with E-state index in [-0.39, 0.29) is 35.1 Å². The lowest BCUT2D eigenvalue weighted by atomic mass is 10.1. The normalized spacial score (nSPS) is 18.0. The van der Waals surface area contributed by atoms with Gasteiger partial charge in [-0.05, 0) is 36.2 Å². The molecule has 0 bridgehead atoms. The van der Waals surface area contributed by atoms with Crippen LogP contribution < -0.4 is 10.6 Å². The van der Waals surface area contributed by atoms with E-state index in [0.29, 0.717) is 6.42 Å². The molecule has 1 aromatic heterocycles. The zero-order valence-electron chi connectivity index (χ0n) is 14.3. The van der Waals surface area contributed by atoms with E-state index in [1.165, 1.54) is 30.5 Å². The number of amides is 2. The summed E-state index contributed by atoms with van der Waals surface area (Å²) < 4.78 is 35.8. The summed E-state index contributed by atoms with van der Waals surface area (Å²) in [6, 6.07) is 8.11. The molecule has 7 nitrogen and oxygen atoms in total. The number of carbonyl (C=O) groups excluding carboxylic acids is 2. The Morgan fingerprint density at radius 2 is 1.89 bits per heavy atom. The minimum atomic E-state index is -3.10. The van der Waals surface area contributed by atoms with E-state index in [1.54, 1.807) is 12.1 Å². The predicted octanol–water partition coefficient (Wildman–Crippen LogP) is 1.07. The summed E-state index contributed by atoms with van der Waals surface area (Å²) in [5.41, 5.74) is 1.02. The van der Waals surface area contributed by atoms with Crippen LogP contribution in [0.25, 0.3) is 0 Å². The van der Waals surface area contributed by atoms with Gasteiger partial charge in [-0.1, -0.05) is 12.1 Å². The van der Waals surface area contributed by atoms with Crippen molar-refractivity contribution in [2.75, 3.05) is 11.5 Å². The van der Waals surface area contributed by atoms with E-state index in [4.69, 9.17) is 0 Å². The van der Waals surface area contributed by atoms with Crippen LogP contribution in [0.2, 0.25) is 0 Å². The topological polar surface area (TPSA) is 105 Å². The summed E-state index contributed by atoms with van der Waals surface area (Å²) in [5, 5.41) is 5.32. The maximum atomic E-state index is 12.9. The smallest absolute Gasteiger partial charge is 0.270 e. The van der Waals surface area contributed by atoms with E-state index in [1.807, 2.05) is 0 Å². The molecule has 1 saturated heterocycles. The van der Waals surface area contributed by atoms with Crippen molar-refractivity contribution >= 4 is 21.7 Å². The first kappa shape index (κ1) is 19.0. The fourth-order valence-corrected chi connectivity index (χ4v) is 4.42. The number of halogens is 1. The van der Waals surface area contributed by atoms with Gasteiger partial charge in [-0.2, -0.15) is 0 Å². The monoisotopic (exact) mass is 391 g/mol. The second kappa shape index (κ2) is 7.83. The minimum absolute atomic E-state index is 0.0359. The average Bonchev–Trinajstić information content (AvgIpc) is 2.99. The van der Waals surface area contributed by atoms with E-state index in [2.05, 4.69) is 15.6 Å². The van der Waals surface area contributed by atoms with Gasteiger partial charge in [0.15, 0.2) is 9.84 Å². The molecule has 1 fully saturated rings. The van der Waals surface area contributed by atoms with E-state index in [9.17, 15) is 22.4 Å². The first-order chi connectivity index (χ1) is 12.8. The molecule has 2 amide bonds. The summed E-state index contributed by atoms with van der Waals surface area (Å²) in [4.78, 5) is 28.5. The molecule has 0 radical (unpaired) electrons. The molecular formula is C18H18FN3O4S. The summed E-state index contributed by atoms with van der Waals surface area (Å²) in [7, 11) is -3.10. The highest BCUT2D eigenvalue weighted by atomic mass is 32.2. The zero-order chi connectivity index (χ0) is 19.4. The molecule has 1 aromatic carbocycles. The van der Waals surface area contributed by atoms with Crippen molar-refractivity contribution < 1.29 is 22.4 Å². The molecule has 27 heavy (non-hydrogen) atoms. The molecule has 142 valence electrons. The molecule has 2 heterocycles. The Morgan fingerprint density at radius 1 is 1.15 bits per heavy atom. The highest BCUT2D eigenvalue weighted by molar-refractivity contribution is 7.91. The van der Waals surface area contributed by atoms with Crippen LogP contribution in [0.3, 0.4) is 0 Å². The predicted molar refractivity (Wildman–Crippen MR) is 96.3 cm³/mol. The molecule has 0 aliphatic carbocycles. The second-order valence-corrected chi connectivity index (χ2v) is 8.54. The SMILES string of the molecule is O=C(NCc1ccc(F)cc1)c1ccnc(C(=O)NC2CCS(=O)(=O)C2)c1. The van der Waals surface area contributed by atoms with E-state index >= 15 is 0 Å². The Balaban J connectivity index is 1.61. The Labute approximate surface area is 155 Å². The third-order valence-corrected chi connectivity index (χ3v) is 5.96. The van der Waals surface area contributed by atoms with Crippen LogP contribution in [-0.4, -0.2) is 42.8 Å². The van der Waals surface area contributed by atoms with Crippen molar-refractivity contribution in [1.82, 2.24) is 15.6 Å². The van der Waals surface area contributed by atoms with Crippen LogP contribution >= 0.6 is 0 Å². The third-order valence-electron chi connectivity index (χ3n) is 4.19. The maximum absolute atomic E-state index is 12.9. The maximum Gasteiger partial charge on any atom is 0.270 e. The number of sulfone groups is 1. The Hall–Kier alpha value is -2.81. The van der Waals surface area contributed by atoms with Gasteiger partial charge in [0.05, 0.1) is 11.5 Å². The quantitative estimate of drug-likeness (QED) is 0.793. The Kier molecular flexibility index (Phi) is 5.50. The first-order valence-corrected chi connectivity index (χ1v) is 10.1. The number of carbonyl (C=O) groups is 2. The molecule has 0 spiro atoms. The van der Waals surface area contributed by atoms with E-state index < -0.39 is 27.7 Å². The largest absolute Gasteiger partial charge is 0.348 e. The Bertz CT molecular complexity index is 961. The van der Waals surface area contributed by atoms with Crippen LogP contribution in [0.4, 0.5) is 4.39 Å². The van der Waals surface area contributed by atoms with Crippen molar-refractivity contribution in [2.24, 2.45) is 0 Å². The first-order valence-electron chi connectivity index (χ1n) is 8.32. The average molecular weight is 391 g/mol. The molecule has 1 aliphatic heterocycles. The van der Waals surface area contributed by atoms with Gasteiger partial charge in [0.1, 0.15) is 11.5 Å². The van der Waals surface area contributed by atoms with Gasteiger partial charge >= 0.3 is 0 Å². The van der Waals surface area contributed by atoms with Crippen LogP contribution in [0.1, 0.15) is 32.8 Å². The van der Waals surface area contributed by atoms with Crippen LogP contribution in [-0.2, 0) is 16.4 Å². The number of rotatable bonds is 5. The summed E-state index contributed by atoms with van der Waals surface area (Å²) in [6.45, 7) is 0.211. The van der Waals surface area contributed by atoms with Gasteiger partial charge < -0.3 is 10.6 Å². The van der Waals surface area contributed by atoms with Crippen LogP contribution in [0.5, 0.6) is 0 Å². The molecule has 0 saturated carbocycles. The van der Waals surface area contributed by atoms with Crippen molar-refractivity contribution in [3.05, 3.63) is 65.2 Å². The fourth-order valence-electron chi connectivity index (χ4n) is 2.75. The molecule has 1 unspecified atom stereocenters. The van der Waals surface area contributed by atoms with Gasteiger partial charge in [-0.25, -0.2) is 12.8 Å². The molecular weight excluding hydrogens is 373 g/mol. The second-order valence-electron chi connectivity index (χ2n) is 6.31. The standard InChI is InChI=1S/C18H18FN3O4S/c19-14-3-1-12(2-4-14)10-21-17(23)13-5-7-20-16(9-13)18(24)22-15-6-8-27(25,26)11-15/h1-5,7,9,15H,6,8,10-11H2,(H,21,23)(H,22,24). The van der Waals surface area contributed by atoms with Crippen molar-refractivity contribution in [3.63, 3.8) is 0 Å². The molecule has 2 N–H and O–H groups in total. The number of aromatic nitrogens is 1. The van der Waals surface area contributed by atoms with Gasteiger partial charge in [-0.15, -0.1) is 0 Å². The van der Waals surface area contributed by atoms with Gasteiger partial charge in [0.2, 0.25) is 0 Å². The van der Waals surface area contributed by atoms with E-state index in [0.717, 1.165) is 5.56 Å². The van der Waals surface area contributed by atoms with Crippen LogP contribution in [0, 0.1) is 5.82 Å². The molecule has 1 atom stereocenters. The third kappa shape index (κ3) is 5.10.